The Morgan fingerprint density at radius 1 is 1.40 bits per heavy atom. The minimum Gasteiger partial charge on any atom is -0.490 e. The van der Waals surface area contributed by atoms with Crippen LogP contribution in [0.15, 0.2) is 18.3 Å². The molecular weight excluding hydrogens is 252 g/mol. The van der Waals surface area contributed by atoms with Crippen LogP contribution in [0.2, 0.25) is 0 Å². The molecule has 1 aromatic heterocycles. The number of pyridine rings is 1. The molecule has 1 N–H and O–H groups in total. The normalized spacial score (nSPS) is 20.9. The average Bonchev–Trinajstić information content (AvgIpc) is 2.47. The van der Waals surface area contributed by atoms with E-state index >= 15 is 0 Å². The van der Waals surface area contributed by atoms with Crippen molar-refractivity contribution in [3.05, 3.63) is 18.3 Å². The van der Waals surface area contributed by atoms with Gasteiger partial charge in [0.15, 0.2) is 11.6 Å². The smallest absolute Gasteiger partial charge is 0.168 e. The molecule has 20 heavy (non-hydrogen) atoms. The van der Waals surface area contributed by atoms with Crippen LogP contribution in [0, 0.1) is 0 Å². The van der Waals surface area contributed by atoms with Crippen molar-refractivity contribution in [3.63, 3.8) is 0 Å². The Labute approximate surface area is 121 Å². The van der Waals surface area contributed by atoms with Gasteiger partial charge in [-0.05, 0) is 32.6 Å². The van der Waals surface area contributed by atoms with Crippen molar-refractivity contribution in [2.75, 3.05) is 52.2 Å². The highest BCUT2D eigenvalue weighted by Gasteiger charge is 2.22. The molecule has 1 fully saturated rings. The number of ether oxygens (including phenoxy) is 1. The quantitative estimate of drug-likeness (QED) is 0.854. The maximum Gasteiger partial charge on any atom is 0.168 e. The van der Waals surface area contributed by atoms with E-state index in [0.717, 1.165) is 50.8 Å². The number of anilines is 1. The van der Waals surface area contributed by atoms with E-state index in [9.17, 15) is 0 Å². The Kier molecular flexibility index (Phi) is 5.61. The molecule has 1 aliphatic rings. The van der Waals surface area contributed by atoms with Gasteiger partial charge in [-0.15, -0.1) is 0 Å². The second kappa shape index (κ2) is 7.45. The number of likely N-dealkylation sites (N-methyl/N-ethyl adjacent to an activating group) is 2. The molecule has 5 nitrogen and oxygen atoms in total. The lowest BCUT2D eigenvalue weighted by atomic mass is 10.2. The van der Waals surface area contributed by atoms with Crippen LogP contribution in [0.4, 0.5) is 5.82 Å². The molecule has 1 atom stereocenters. The summed E-state index contributed by atoms with van der Waals surface area (Å²) in [5.74, 6) is 1.70. The number of hydrogen-bond acceptors (Lipinski definition) is 5. The van der Waals surface area contributed by atoms with Crippen LogP contribution in [0.5, 0.6) is 5.75 Å². The molecule has 0 saturated carbocycles. The van der Waals surface area contributed by atoms with Crippen LogP contribution in [0.25, 0.3) is 0 Å². The first-order valence-electron chi connectivity index (χ1n) is 7.41. The van der Waals surface area contributed by atoms with Gasteiger partial charge in [0.25, 0.3) is 0 Å². The van der Waals surface area contributed by atoms with E-state index in [1.165, 1.54) is 0 Å². The van der Waals surface area contributed by atoms with Crippen molar-refractivity contribution in [3.8, 4) is 5.75 Å². The zero-order valence-corrected chi connectivity index (χ0v) is 12.8. The van der Waals surface area contributed by atoms with Gasteiger partial charge in [0, 0.05) is 38.4 Å². The molecule has 1 saturated heterocycles. The minimum absolute atomic E-state index is 0.509. The lowest BCUT2D eigenvalue weighted by Gasteiger charge is -2.37. The van der Waals surface area contributed by atoms with E-state index in [2.05, 4.69) is 41.1 Å². The number of hydrogen-bond donors (Lipinski definition) is 1. The highest BCUT2D eigenvalue weighted by molar-refractivity contribution is 5.49. The summed E-state index contributed by atoms with van der Waals surface area (Å²) in [4.78, 5) is 9.17. The zero-order chi connectivity index (χ0) is 14.4. The zero-order valence-electron chi connectivity index (χ0n) is 12.8. The molecule has 0 aliphatic carbocycles. The fourth-order valence-electron chi connectivity index (χ4n) is 2.39. The summed E-state index contributed by atoms with van der Waals surface area (Å²) in [6.07, 6.45) is 2.81. The van der Waals surface area contributed by atoms with Gasteiger partial charge in [-0.1, -0.05) is 6.92 Å². The lowest BCUT2D eigenvalue weighted by molar-refractivity contribution is 0.121. The second-order valence-electron chi connectivity index (χ2n) is 5.48. The summed E-state index contributed by atoms with van der Waals surface area (Å²) in [7, 11) is 4.36. The van der Waals surface area contributed by atoms with E-state index in [-0.39, 0.29) is 0 Å². The molecule has 1 aromatic rings. The van der Waals surface area contributed by atoms with Gasteiger partial charge in [-0.25, -0.2) is 4.98 Å². The molecule has 0 radical (unpaired) electrons. The maximum absolute atomic E-state index is 5.73. The highest BCUT2D eigenvalue weighted by atomic mass is 16.5. The monoisotopic (exact) mass is 278 g/mol. The Hall–Kier alpha value is -1.33. The fraction of sp³-hybridized carbons (Fsp3) is 0.667. The Balaban J connectivity index is 1.92. The van der Waals surface area contributed by atoms with Gasteiger partial charge in [-0.3, -0.25) is 4.90 Å². The second-order valence-corrected chi connectivity index (χ2v) is 5.48. The van der Waals surface area contributed by atoms with Crippen molar-refractivity contribution < 1.29 is 4.74 Å². The molecule has 0 bridgehead atoms. The predicted molar refractivity (Wildman–Crippen MR) is 82.4 cm³/mol. The predicted octanol–water partition coefficient (Wildman–Crippen LogP) is 1.53. The molecule has 2 rings (SSSR count). The molecule has 0 aromatic carbocycles. The molecule has 112 valence electrons. The molecule has 5 heteroatoms. The summed E-state index contributed by atoms with van der Waals surface area (Å²) in [5, 5.41) is 3.44. The van der Waals surface area contributed by atoms with Crippen molar-refractivity contribution in [2.45, 2.75) is 19.4 Å². The van der Waals surface area contributed by atoms with Crippen LogP contribution < -0.4 is 10.1 Å². The first-order chi connectivity index (χ1) is 9.70. The lowest BCUT2D eigenvalue weighted by Crippen LogP contribution is -2.52. The van der Waals surface area contributed by atoms with Crippen molar-refractivity contribution in [2.24, 2.45) is 0 Å². The van der Waals surface area contributed by atoms with Crippen LogP contribution in [0.3, 0.4) is 0 Å². The Morgan fingerprint density at radius 2 is 2.25 bits per heavy atom. The van der Waals surface area contributed by atoms with Crippen LogP contribution in [-0.4, -0.2) is 67.7 Å². The summed E-state index contributed by atoms with van der Waals surface area (Å²) < 4.78 is 5.73. The Morgan fingerprint density at radius 3 is 3.05 bits per heavy atom. The summed E-state index contributed by atoms with van der Waals surface area (Å²) in [6.45, 7) is 7.07. The molecule has 0 spiro atoms. The third kappa shape index (κ3) is 4.08. The van der Waals surface area contributed by atoms with Gasteiger partial charge < -0.3 is 15.0 Å². The van der Waals surface area contributed by atoms with E-state index in [1.54, 1.807) is 6.20 Å². The van der Waals surface area contributed by atoms with E-state index < -0.39 is 0 Å². The van der Waals surface area contributed by atoms with Gasteiger partial charge in [0.05, 0.1) is 6.61 Å². The largest absolute Gasteiger partial charge is 0.490 e. The molecular formula is C15H26N4O. The number of nitrogens with one attached hydrogen (secondary N) is 1. The van der Waals surface area contributed by atoms with Gasteiger partial charge in [0.2, 0.25) is 0 Å². The fourth-order valence-corrected chi connectivity index (χ4v) is 2.39. The summed E-state index contributed by atoms with van der Waals surface area (Å²) >= 11 is 0. The van der Waals surface area contributed by atoms with Crippen molar-refractivity contribution >= 4 is 5.82 Å². The molecule has 1 unspecified atom stereocenters. The van der Waals surface area contributed by atoms with E-state index in [4.69, 9.17) is 4.74 Å². The molecule has 0 amide bonds. The van der Waals surface area contributed by atoms with Crippen LogP contribution in [-0.2, 0) is 0 Å². The summed E-state index contributed by atoms with van der Waals surface area (Å²) in [5.41, 5.74) is 0. The van der Waals surface area contributed by atoms with Gasteiger partial charge in [0.1, 0.15) is 0 Å². The third-order valence-corrected chi connectivity index (χ3v) is 3.72. The van der Waals surface area contributed by atoms with E-state index in [0.29, 0.717) is 6.04 Å². The number of rotatable bonds is 6. The maximum atomic E-state index is 5.73. The van der Waals surface area contributed by atoms with Crippen LogP contribution in [0.1, 0.15) is 13.3 Å². The van der Waals surface area contributed by atoms with E-state index in [1.807, 2.05) is 12.1 Å². The van der Waals surface area contributed by atoms with Crippen LogP contribution >= 0.6 is 0 Å². The van der Waals surface area contributed by atoms with Crippen molar-refractivity contribution in [1.82, 2.24) is 14.8 Å². The third-order valence-electron chi connectivity index (χ3n) is 3.72. The minimum atomic E-state index is 0.509. The topological polar surface area (TPSA) is 40.6 Å². The van der Waals surface area contributed by atoms with Gasteiger partial charge >= 0.3 is 0 Å². The van der Waals surface area contributed by atoms with Gasteiger partial charge in [-0.2, -0.15) is 0 Å². The first-order valence-corrected chi connectivity index (χ1v) is 7.41. The Bertz CT molecular complexity index is 413. The molecule has 2 heterocycles. The first kappa shape index (κ1) is 15.1. The average molecular weight is 278 g/mol. The highest BCUT2D eigenvalue weighted by Crippen LogP contribution is 2.21. The number of nitrogens with zero attached hydrogens (tertiary/aromatic N) is 3. The standard InChI is InChI=1S/C15H26N4O/c1-4-10-20-14-6-5-7-16-15(14)17-11-13-12-18(2)8-9-19(13)3/h5-7,13H,4,8-12H2,1-3H3,(H,16,17). The number of piperazine rings is 1. The molecule has 1 aliphatic heterocycles. The van der Waals surface area contributed by atoms with Crippen molar-refractivity contribution in [1.29, 1.82) is 0 Å². The number of aromatic nitrogens is 1. The SMILES string of the molecule is CCCOc1cccnc1NCC1CN(C)CCN1C. The summed E-state index contributed by atoms with van der Waals surface area (Å²) in [6, 6.07) is 4.40.